The molecule has 5 nitrogen and oxygen atoms in total. The average molecular weight is 190 g/mol. The minimum Gasteiger partial charge on any atom is -0.475 e. The predicted octanol–water partition coefficient (Wildman–Crippen LogP) is 0.867. The van der Waals surface area contributed by atoms with Crippen LogP contribution in [0.5, 0.6) is 0 Å². The van der Waals surface area contributed by atoms with Crippen LogP contribution >= 0.6 is 0 Å². The lowest BCUT2D eigenvalue weighted by atomic mass is 10.4. The Balaban J connectivity index is 3.17. The Kier molecular flexibility index (Phi) is 2.30. The third kappa shape index (κ3) is 1.54. The van der Waals surface area contributed by atoms with E-state index in [1.54, 1.807) is 0 Å². The van der Waals surface area contributed by atoms with Crippen LogP contribution in [0.25, 0.3) is 0 Å². The lowest BCUT2D eigenvalue weighted by Crippen LogP contribution is -1.92. The van der Waals surface area contributed by atoms with E-state index < -0.39 is 17.0 Å². The molecule has 66 valence electrons. The maximum absolute atomic E-state index is 10.5. The number of aromatic carboxylic acids is 1. The van der Waals surface area contributed by atoms with E-state index in [0.29, 0.717) is 0 Å². The molecule has 1 unspecified atom stereocenters. The fraction of sp³-hybridized carbons (Fsp3) is 0.167. The van der Waals surface area contributed by atoms with Gasteiger partial charge in [0, 0.05) is 6.07 Å². The van der Waals surface area contributed by atoms with Gasteiger partial charge in [0.15, 0.2) is 11.1 Å². The highest BCUT2D eigenvalue weighted by Crippen LogP contribution is 2.17. The van der Waals surface area contributed by atoms with Gasteiger partial charge in [-0.3, -0.25) is 0 Å². The number of hydrogen-bond acceptors (Lipinski definition) is 3. The van der Waals surface area contributed by atoms with Crippen molar-refractivity contribution in [1.82, 2.24) is 0 Å². The molecule has 0 saturated heterocycles. The molecule has 12 heavy (non-hydrogen) atoms. The summed E-state index contributed by atoms with van der Waals surface area (Å²) in [5.74, 6) is -1.44. The molecular formula is C6H6O5S. The molecule has 1 heterocycles. The topological polar surface area (TPSA) is 87.7 Å². The van der Waals surface area contributed by atoms with Gasteiger partial charge in [-0.1, -0.05) is 0 Å². The van der Waals surface area contributed by atoms with E-state index in [9.17, 15) is 9.00 Å². The SMILES string of the molecule is Cc1oc(C(=O)O)cc1S(=O)O. The van der Waals surface area contributed by atoms with Crippen molar-refractivity contribution in [2.24, 2.45) is 0 Å². The Hall–Kier alpha value is -1.14. The Bertz CT molecular complexity index is 340. The number of carboxylic acids is 1. The van der Waals surface area contributed by atoms with Crippen LogP contribution < -0.4 is 0 Å². The van der Waals surface area contributed by atoms with Gasteiger partial charge >= 0.3 is 5.97 Å². The summed E-state index contributed by atoms with van der Waals surface area (Å²) in [7, 11) is 0. The summed E-state index contributed by atoms with van der Waals surface area (Å²) >= 11 is -2.19. The molecule has 0 amide bonds. The van der Waals surface area contributed by atoms with E-state index in [4.69, 9.17) is 9.66 Å². The van der Waals surface area contributed by atoms with Crippen LogP contribution in [-0.4, -0.2) is 19.8 Å². The summed E-state index contributed by atoms with van der Waals surface area (Å²) in [6.07, 6.45) is 0. The summed E-state index contributed by atoms with van der Waals surface area (Å²) in [6.45, 7) is 1.43. The Morgan fingerprint density at radius 1 is 1.67 bits per heavy atom. The van der Waals surface area contributed by atoms with Crippen molar-refractivity contribution in [2.75, 3.05) is 0 Å². The highest BCUT2D eigenvalue weighted by Gasteiger charge is 2.15. The number of carbonyl (C=O) groups is 1. The Morgan fingerprint density at radius 2 is 2.25 bits per heavy atom. The van der Waals surface area contributed by atoms with E-state index in [1.165, 1.54) is 6.92 Å². The van der Waals surface area contributed by atoms with Crippen molar-refractivity contribution in [3.8, 4) is 0 Å². The molecule has 0 radical (unpaired) electrons. The smallest absolute Gasteiger partial charge is 0.371 e. The summed E-state index contributed by atoms with van der Waals surface area (Å²) in [4.78, 5) is 10.3. The summed E-state index contributed by atoms with van der Waals surface area (Å²) in [5, 5.41) is 8.43. The van der Waals surface area contributed by atoms with Gasteiger partial charge in [-0.05, 0) is 6.92 Å². The molecule has 1 aromatic rings. The fourth-order valence-corrected chi connectivity index (χ4v) is 1.24. The van der Waals surface area contributed by atoms with Gasteiger partial charge in [0.05, 0.1) is 0 Å². The maximum Gasteiger partial charge on any atom is 0.371 e. The lowest BCUT2D eigenvalue weighted by Gasteiger charge is -1.86. The Labute approximate surface area is 70.3 Å². The summed E-state index contributed by atoms with van der Waals surface area (Å²) in [5.41, 5.74) is 0. The fourth-order valence-electron chi connectivity index (χ4n) is 0.744. The predicted molar refractivity (Wildman–Crippen MR) is 39.4 cm³/mol. The van der Waals surface area contributed by atoms with E-state index in [0.717, 1.165) is 6.07 Å². The van der Waals surface area contributed by atoms with Crippen molar-refractivity contribution >= 4 is 17.0 Å². The van der Waals surface area contributed by atoms with Gasteiger partial charge in [-0.15, -0.1) is 0 Å². The van der Waals surface area contributed by atoms with E-state index >= 15 is 0 Å². The number of carboxylic acid groups (broad SMARTS) is 1. The first-order valence-corrected chi connectivity index (χ1v) is 4.07. The number of hydrogen-bond donors (Lipinski definition) is 2. The molecule has 0 aliphatic carbocycles. The second-order valence-electron chi connectivity index (χ2n) is 2.09. The van der Waals surface area contributed by atoms with Crippen LogP contribution in [0.2, 0.25) is 0 Å². The minimum absolute atomic E-state index is 0.00704. The van der Waals surface area contributed by atoms with Gasteiger partial charge in [0.25, 0.3) is 0 Å². The molecule has 0 aromatic carbocycles. The van der Waals surface area contributed by atoms with E-state index in [2.05, 4.69) is 4.42 Å². The zero-order valence-corrected chi connectivity index (χ0v) is 6.92. The van der Waals surface area contributed by atoms with Crippen molar-refractivity contribution < 1.29 is 23.1 Å². The zero-order chi connectivity index (χ0) is 9.30. The van der Waals surface area contributed by atoms with Crippen molar-refractivity contribution in [3.05, 3.63) is 17.6 Å². The molecule has 1 atom stereocenters. The molecule has 0 fully saturated rings. The first-order chi connectivity index (χ1) is 5.52. The van der Waals surface area contributed by atoms with Crippen LogP contribution in [0.1, 0.15) is 16.3 Å². The molecule has 2 N–H and O–H groups in total. The molecule has 1 rings (SSSR count). The first-order valence-electron chi connectivity index (χ1n) is 2.97. The average Bonchev–Trinajstić information content (AvgIpc) is 2.30. The second-order valence-corrected chi connectivity index (χ2v) is 3.02. The van der Waals surface area contributed by atoms with Crippen LogP contribution in [0, 0.1) is 6.92 Å². The van der Waals surface area contributed by atoms with Crippen molar-refractivity contribution in [3.63, 3.8) is 0 Å². The number of furan rings is 1. The van der Waals surface area contributed by atoms with Crippen LogP contribution in [0.4, 0.5) is 0 Å². The van der Waals surface area contributed by atoms with Crippen LogP contribution in [0.15, 0.2) is 15.4 Å². The molecular weight excluding hydrogens is 184 g/mol. The molecule has 0 saturated carbocycles. The molecule has 1 aromatic heterocycles. The summed E-state index contributed by atoms with van der Waals surface area (Å²) in [6, 6.07) is 1.04. The highest BCUT2D eigenvalue weighted by molar-refractivity contribution is 7.79. The Morgan fingerprint density at radius 3 is 2.50 bits per heavy atom. The molecule has 0 aliphatic heterocycles. The van der Waals surface area contributed by atoms with Crippen LogP contribution in [0.3, 0.4) is 0 Å². The van der Waals surface area contributed by atoms with Gasteiger partial charge < -0.3 is 14.1 Å². The standard InChI is InChI=1S/C6H6O5S/c1-3-5(12(9)10)2-4(11-3)6(7)8/h2H,1H3,(H,7,8)(H,9,10). The molecule has 0 spiro atoms. The summed E-state index contributed by atoms with van der Waals surface area (Å²) < 4.78 is 23.8. The molecule has 0 aliphatic rings. The molecule has 0 bridgehead atoms. The monoisotopic (exact) mass is 190 g/mol. The van der Waals surface area contributed by atoms with Crippen molar-refractivity contribution in [2.45, 2.75) is 11.8 Å². The number of aryl methyl sites for hydroxylation is 1. The molecule has 6 heteroatoms. The zero-order valence-electron chi connectivity index (χ0n) is 6.10. The number of rotatable bonds is 2. The van der Waals surface area contributed by atoms with Gasteiger partial charge in [0.1, 0.15) is 10.7 Å². The highest BCUT2D eigenvalue weighted by atomic mass is 32.2. The normalized spacial score (nSPS) is 12.8. The van der Waals surface area contributed by atoms with Crippen molar-refractivity contribution in [1.29, 1.82) is 0 Å². The third-order valence-corrected chi connectivity index (χ3v) is 2.05. The minimum atomic E-state index is -2.19. The van der Waals surface area contributed by atoms with Gasteiger partial charge in [-0.25, -0.2) is 9.00 Å². The largest absolute Gasteiger partial charge is 0.475 e. The van der Waals surface area contributed by atoms with Gasteiger partial charge in [0.2, 0.25) is 5.76 Å². The quantitative estimate of drug-likeness (QED) is 0.675. The lowest BCUT2D eigenvalue weighted by molar-refractivity contribution is 0.0661. The third-order valence-electron chi connectivity index (χ3n) is 1.27. The van der Waals surface area contributed by atoms with Gasteiger partial charge in [-0.2, -0.15) is 0 Å². The maximum atomic E-state index is 10.5. The second kappa shape index (κ2) is 3.08. The first kappa shape index (κ1) is 8.95. The van der Waals surface area contributed by atoms with E-state index in [-0.39, 0.29) is 16.4 Å². The van der Waals surface area contributed by atoms with E-state index in [1.807, 2.05) is 0 Å². The van der Waals surface area contributed by atoms with Crippen LogP contribution in [-0.2, 0) is 11.1 Å².